The molecule has 30 heavy (non-hydrogen) atoms. The molecule has 8 nitrogen and oxygen atoms in total. The minimum absolute atomic E-state index is 0.00650. The van der Waals surface area contributed by atoms with Crippen molar-refractivity contribution in [3.05, 3.63) is 70.4 Å². The number of likely N-dealkylation sites (tertiary alicyclic amines) is 1. The molecule has 1 fully saturated rings. The van der Waals surface area contributed by atoms with Gasteiger partial charge in [-0.05, 0) is 56.2 Å². The third-order valence-corrected chi connectivity index (χ3v) is 5.65. The van der Waals surface area contributed by atoms with Crippen molar-refractivity contribution >= 4 is 16.9 Å². The fourth-order valence-corrected chi connectivity index (χ4v) is 4.12. The molecule has 0 saturated carbocycles. The summed E-state index contributed by atoms with van der Waals surface area (Å²) in [4.78, 5) is 34.3. The second-order valence-corrected chi connectivity index (χ2v) is 7.56. The van der Waals surface area contributed by atoms with Crippen LogP contribution in [0.1, 0.15) is 35.1 Å². The number of nitrogens with zero attached hydrogens (tertiary/aromatic N) is 4. The van der Waals surface area contributed by atoms with Gasteiger partial charge in [0.25, 0.3) is 11.8 Å². The lowest BCUT2D eigenvalue weighted by molar-refractivity contribution is 0.0695. The standard InChI is InChI=1S/C22H21N5O3/c1-14-23-20(30-25-14)15-6-8-16(9-7-15)21(28)26-12-10-17(11-13-26)27-19-5-3-2-4-18(19)24-22(27)29/h2-9,17H,10-13H2,1H3,(H,24,29). The van der Waals surface area contributed by atoms with E-state index in [0.717, 1.165) is 29.4 Å². The van der Waals surface area contributed by atoms with Crippen LogP contribution in [-0.4, -0.2) is 43.6 Å². The average molecular weight is 403 g/mol. The molecule has 0 aliphatic carbocycles. The molecule has 8 heteroatoms. The number of amides is 1. The molecule has 0 radical (unpaired) electrons. The van der Waals surface area contributed by atoms with Crippen molar-refractivity contribution in [2.75, 3.05) is 13.1 Å². The lowest BCUT2D eigenvalue weighted by atomic mass is 10.0. The van der Waals surface area contributed by atoms with E-state index in [4.69, 9.17) is 4.52 Å². The fourth-order valence-electron chi connectivity index (χ4n) is 4.12. The number of imidazole rings is 1. The van der Waals surface area contributed by atoms with Gasteiger partial charge in [-0.25, -0.2) is 4.79 Å². The van der Waals surface area contributed by atoms with Gasteiger partial charge >= 0.3 is 5.69 Å². The second kappa shape index (κ2) is 7.29. The van der Waals surface area contributed by atoms with E-state index in [2.05, 4.69) is 15.1 Å². The Hall–Kier alpha value is -3.68. The minimum atomic E-state index is -0.0900. The van der Waals surface area contributed by atoms with E-state index in [1.165, 1.54) is 0 Å². The number of carbonyl (C=O) groups excluding carboxylic acids is 1. The van der Waals surface area contributed by atoms with E-state index in [-0.39, 0.29) is 17.6 Å². The molecule has 0 spiro atoms. The van der Waals surface area contributed by atoms with Crippen LogP contribution in [0.2, 0.25) is 0 Å². The van der Waals surface area contributed by atoms with E-state index in [0.29, 0.717) is 30.4 Å². The summed E-state index contributed by atoms with van der Waals surface area (Å²) in [5.41, 5.74) is 3.08. The van der Waals surface area contributed by atoms with Gasteiger partial charge in [-0.3, -0.25) is 9.36 Å². The van der Waals surface area contributed by atoms with Gasteiger partial charge in [0, 0.05) is 30.3 Å². The Labute approximate surface area is 172 Å². The van der Waals surface area contributed by atoms with Gasteiger partial charge < -0.3 is 14.4 Å². The van der Waals surface area contributed by atoms with Gasteiger partial charge in [0.1, 0.15) is 0 Å². The zero-order valence-electron chi connectivity index (χ0n) is 16.5. The van der Waals surface area contributed by atoms with Gasteiger partial charge in [0.05, 0.1) is 11.0 Å². The number of aromatic amines is 1. The van der Waals surface area contributed by atoms with Crippen molar-refractivity contribution in [2.24, 2.45) is 0 Å². The summed E-state index contributed by atoms with van der Waals surface area (Å²) in [5.74, 6) is 1.01. The van der Waals surface area contributed by atoms with E-state index >= 15 is 0 Å². The number of nitrogens with one attached hydrogen (secondary N) is 1. The monoisotopic (exact) mass is 403 g/mol. The summed E-state index contributed by atoms with van der Waals surface area (Å²) >= 11 is 0. The van der Waals surface area contributed by atoms with Crippen LogP contribution in [0.15, 0.2) is 57.8 Å². The largest absolute Gasteiger partial charge is 0.338 e. The maximum Gasteiger partial charge on any atom is 0.326 e. The Kier molecular flexibility index (Phi) is 4.46. The molecule has 0 atom stereocenters. The van der Waals surface area contributed by atoms with Crippen LogP contribution in [0, 0.1) is 6.92 Å². The van der Waals surface area contributed by atoms with Crippen molar-refractivity contribution in [3.63, 3.8) is 0 Å². The number of carbonyl (C=O) groups is 1. The molecule has 1 N–H and O–H groups in total. The van der Waals surface area contributed by atoms with E-state index in [1.807, 2.05) is 45.9 Å². The smallest absolute Gasteiger partial charge is 0.326 e. The van der Waals surface area contributed by atoms with Gasteiger partial charge in [-0.1, -0.05) is 17.3 Å². The number of benzene rings is 2. The molecule has 152 valence electrons. The Bertz CT molecular complexity index is 1260. The van der Waals surface area contributed by atoms with Crippen molar-refractivity contribution < 1.29 is 9.32 Å². The summed E-state index contributed by atoms with van der Waals surface area (Å²) in [6.07, 6.45) is 1.49. The Balaban J connectivity index is 1.29. The third kappa shape index (κ3) is 3.20. The highest BCUT2D eigenvalue weighted by molar-refractivity contribution is 5.94. The zero-order valence-corrected chi connectivity index (χ0v) is 16.5. The van der Waals surface area contributed by atoms with E-state index < -0.39 is 0 Å². The van der Waals surface area contributed by atoms with Crippen LogP contribution >= 0.6 is 0 Å². The van der Waals surface area contributed by atoms with Crippen LogP contribution in [0.3, 0.4) is 0 Å². The van der Waals surface area contributed by atoms with Crippen molar-refractivity contribution in [3.8, 4) is 11.5 Å². The summed E-state index contributed by atoms with van der Waals surface area (Å²) in [5, 5.41) is 3.79. The highest BCUT2D eigenvalue weighted by Gasteiger charge is 2.26. The number of para-hydroxylation sites is 2. The summed E-state index contributed by atoms with van der Waals surface area (Å²) < 4.78 is 7.00. The molecule has 0 bridgehead atoms. The van der Waals surface area contributed by atoms with Crippen molar-refractivity contribution in [2.45, 2.75) is 25.8 Å². The lowest BCUT2D eigenvalue weighted by Crippen LogP contribution is -2.40. The molecule has 1 aliphatic heterocycles. The third-order valence-electron chi connectivity index (χ3n) is 5.65. The number of hydrogen-bond donors (Lipinski definition) is 1. The van der Waals surface area contributed by atoms with Gasteiger partial charge in [0.2, 0.25) is 0 Å². The maximum absolute atomic E-state index is 12.9. The average Bonchev–Trinajstić information content (AvgIpc) is 3.36. The number of hydrogen-bond acceptors (Lipinski definition) is 5. The van der Waals surface area contributed by atoms with Gasteiger partial charge in [0.15, 0.2) is 5.82 Å². The quantitative estimate of drug-likeness (QED) is 0.567. The van der Waals surface area contributed by atoms with Crippen LogP contribution in [-0.2, 0) is 0 Å². The lowest BCUT2D eigenvalue weighted by Gasteiger charge is -2.32. The predicted octanol–water partition coefficient (Wildman–Crippen LogP) is 3.17. The maximum atomic E-state index is 12.9. The van der Waals surface area contributed by atoms with Crippen LogP contribution in [0.5, 0.6) is 0 Å². The first-order chi connectivity index (χ1) is 14.6. The summed E-state index contributed by atoms with van der Waals surface area (Å²) in [7, 11) is 0. The fraction of sp³-hybridized carbons (Fsp3) is 0.273. The van der Waals surface area contributed by atoms with Crippen molar-refractivity contribution in [1.82, 2.24) is 24.6 Å². The number of aromatic nitrogens is 4. The highest BCUT2D eigenvalue weighted by atomic mass is 16.5. The van der Waals surface area contributed by atoms with Gasteiger partial charge in [-0.2, -0.15) is 4.98 Å². The second-order valence-electron chi connectivity index (χ2n) is 7.56. The number of piperidine rings is 1. The molecule has 1 saturated heterocycles. The first-order valence-electron chi connectivity index (χ1n) is 9.99. The summed E-state index contributed by atoms with van der Waals surface area (Å²) in [6, 6.07) is 15.0. The molecule has 5 rings (SSSR count). The number of aryl methyl sites for hydroxylation is 1. The normalized spacial score (nSPS) is 15.0. The molecular formula is C22H21N5O3. The topological polar surface area (TPSA) is 97.0 Å². The van der Waals surface area contributed by atoms with Crippen LogP contribution < -0.4 is 5.69 Å². The SMILES string of the molecule is Cc1noc(-c2ccc(C(=O)N3CCC(n4c(=O)[nH]c5ccccc54)CC3)cc2)n1. The number of fused-ring (bicyclic) bond motifs is 1. The Morgan fingerprint density at radius 3 is 2.53 bits per heavy atom. The highest BCUT2D eigenvalue weighted by Crippen LogP contribution is 2.26. The summed E-state index contributed by atoms with van der Waals surface area (Å²) in [6.45, 7) is 2.99. The number of H-pyrrole nitrogens is 1. The Morgan fingerprint density at radius 2 is 1.83 bits per heavy atom. The molecule has 0 unspecified atom stereocenters. The molecule has 3 heterocycles. The predicted molar refractivity (Wildman–Crippen MR) is 111 cm³/mol. The molecule has 4 aromatic rings. The zero-order chi connectivity index (χ0) is 20.7. The van der Waals surface area contributed by atoms with Crippen LogP contribution in [0.4, 0.5) is 0 Å². The van der Waals surface area contributed by atoms with E-state index in [9.17, 15) is 9.59 Å². The molecule has 2 aromatic carbocycles. The molecular weight excluding hydrogens is 382 g/mol. The molecule has 2 aromatic heterocycles. The van der Waals surface area contributed by atoms with Crippen LogP contribution in [0.25, 0.3) is 22.5 Å². The molecule has 1 amide bonds. The first kappa shape index (κ1) is 18.4. The number of rotatable bonds is 3. The minimum Gasteiger partial charge on any atom is -0.338 e. The van der Waals surface area contributed by atoms with Gasteiger partial charge in [-0.15, -0.1) is 0 Å². The molecule has 1 aliphatic rings. The van der Waals surface area contributed by atoms with E-state index in [1.54, 1.807) is 19.1 Å². The first-order valence-corrected chi connectivity index (χ1v) is 9.99. The Morgan fingerprint density at radius 1 is 1.10 bits per heavy atom. The van der Waals surface area contributed by atoms with Crippen molar-refractivity contribution in [1.29, 1.82) is 0 Å².